The van der Waals surface area contributed by atoms with Gasteiger partial charge in [0.1, 0.15) is 0 Å². The lowest BCUT2D eigenvalue weighted by atomic mass is 10.0. The predicted molar refractivity (Wildman–Crippen MR) is 64.5 cm³/mol. The van der Waals surface area contributed by atoms with Gasteiger partial charge >= 0.3 is 0 Å². The molecule has 0 N–H and O–H groups in total. The summed E-state index contributed by atoms with van der Waals surface area (Å²) in [5.74, 6) is 0. The molecule has 0 radical (unpaired) electrons. The highest BCUT2D eigenvalue weighted by Crippen LogP contribution is 2.22. The summed E-state index contributed by atoms with van der Waals surface area (Å²) in [6.45, 7) is 3.68. The third kappa shape index (κ3) is 1.84. The normalized spacial score (nSPS) is 9.44. The quantitative estimate of drug-likeness (QED) is 0.756. The Morgan fingerprint density at radius 2 is 2.12 bits per heavy atom. The molecule has 0 saturated heterocycles. The van der Waals surface area contributed by atoms with Gasteiger partial charge in [-0.1, -0.05) is 30.9 Å². The van der Waals surface area contributed by atoms with Crippen LogP contribution in [0.2, 0.25) is 0 Å². The number of hydrogen-bond acceptors (Lipinski definition) is 2. The fraction of sp³-hybridized carbons (Fsp3) is 0. The van der Waals surface area contributed by atoms with Gasteiger partial charge in [-0.05, 0) is 23.8 Å². The minimum atomic E-state index is 0.621. The van der Waals surface area contributed by atoms with E-state index in [4.69, 9.17) is 5.26 Å². The molecule has 1 aromatic carbocycles. The molecule has 0 bridgehead atoms. The lowest BCUT2D eigenvalue weighted by Crippen LogP contribution is -1.88. The van der Waals surface area contributed by atoms with Crippen LogP contribution in [0.1, 0.15) is 11.1 Å². The van der Waals surface area contributed by atoms with Gasteiger partial charge in [0.2, 0.25) is 0 Å². The van der Waals surface area contributed by atoms with E-state index in [-0.39, 0.29) is 0 Å². The molecule has 1 aromatic heterocycles. The van der Waals surface area contributed by atoms with Crippen LogP contribution < -0.4 is 0 Å². The Balaban J connectivity index is 2.59. The zero-order valence-corrected chi connectivity index (χ0v) is 8.72. The van der Waals surface area contributed by atoms with Crippen LogP contribution in [0.5, 0.6) is 0 Å². The van der Waals surface area contributed by atoms with Crippen molar-refractivity contribution in [2.24, 2.45) is 0 Å². The minimum Gasteiger partial charge on any atom is -0.256 e. The van der Waals surface area contributed by atoms with E-state index in [0.717, 1.165) is 16.8 Å². The zero-order chi connectivity index (χ0) is 11.4. The van der Waals surface area contributed by atoms with E-state index in [2.05, 4.69) is 17.6 Å². The van der Waals surface area contributed by atoms with Crippen LogP contribution in [0.3, 0.4) is 0 Å². The zero-order valence-electron chi connectivity index (χ0n) is 8.72. The number of nitrogens with zero attached hydrogens (tertiary/aromatic N) is 2. The van der Waals surface area contributed by atoms with Crippen LogP contribution in [0.15, 0.2) is 49.2 Å². The number of benzene rings is 1. The molecule has 2 aromatic rings. The van der Waals surface area contributed by atoms with Crippen molar-refractivity contribution in [3.8, 4) is 17.3 Å². The van der Waals surface area contributed by atoms with Crippen molar-refractivity contribution in [1.29, 1.82) is 5.26 Å². The summed E-state index contributed by atoms with van der Waals surface area (Å²) in [7, 11) is 0. The first-order valence-electron chi connectivity index (χ1n) is 4.93. The van der Waals surface area contributed by atoms with Crippen LogP contribution in [-0.2, 0) is 0 Å². The highest BCUT2D eigenvalue weighted by atomic mass is 14.7. The number of aromatic nitrogens is 1. The van der Waals surface area contributed by atoms with Gasteiger partial charge in [-0.15, -0.1) is 0 Å². The van der Waals surface area contributed by atoms with Crippen molar-refractivity contribution >= 4 is 6.08 Å². The summed E-state index contributed by atoms with van der Waals surface area (Å²) in [5.41, 5.74) is 3.23. The first kappa shape index (κ1) is 10.1. The molecule has 0 amide bonds. The minimum absolute atomic E-state index is 0.621. The van der Waals surface area contributed by atoms with Crippen molar-refractivity contribution < 1.29 is 0 Å². The SMILES string of the molecule is C=Cc1ccc(-c2ccccn2)c(C#N)c1. The molecule has 76 valence electrons. The predicted octanol–water partition coefficient (Wildman–Crippen LogP) is 3.26. The molecule has 0 aliphatic carbocycles. The van der Waals surface area contributed by atoms with Gasteiger partial charge in [0, 0.05) is 11.8 Å². The molecular weight excluding hydrogens is 196 g/mol. The average molecular weight is 206 g/mol. The van der Waals surface area contributed by atoms with Gasteiger partial charge in [0.05, 0.1) is 17.3 Å². The second-order valence-electron chi connectivity index (χ2n) is 3.34. The van der Waals surface area contributed by atoms with Crippen molar-refractivity contribution in [3.05, 3.63) is 60.3 Å². The number of pyridine rings is 1. The lowest BCUT2D eigenvalue weighted by Gasteiger charge is -2.03. The summed E-state index contributed by atoms with van der Waals surface area (Å²) in [4.78, 5) is 4.24. The molecule has 0 fully saturated rings. The van der Waals surface area contributed by atoms with E-state index in [0.29, 0.717) is 5.56 Å². The maximum Gasteiger partial charge on any atom is 0.0998 e. The molecule has 0 unspecified atom stereocenters. The lowest BCUT2D eigenvalue weighted by molar-refractivity contribution is 1.32. The summed E-state index contributed by atoms with van der Waals surface area (Å²) >= 11 is 0. The smallest absolute Gasteiger partial charge is 0.0998 e. The van der Waals surface area contributed by atoms with Crippen LogP contribution >= 0.6 is 0 Å². The highest BCUT2D eigenvalue weighted by Gasteiger charge is 2.05. The third-order valence-corrected chi connectivity index (χ3v) is 2.34. The Bertz CT molecular complexity index is 551. The van der Waals surface area contributed by atoms with E-state index in [9.17, 15) is 0 Å². The molecule has 0 aliphatic rings. The van der Waals surface area contributed by atoms with Crippen LogP contribution in [0.4, 0.5) is 0 Å². The van der Waals surface area contributed by atoms with E-state index in [1.165, 1.54) is 0 Å². The summed E-state index contributed by atoms with van der Waals surface area (Å²) in [6, 6.07) is 13.5. The van der Waals surface area contributed by atoms with Crippen molar-refractivity contribution in [1.82, 2.24) is 4.98 Å². The first-order chi connectivity index (χ1) is 7.85. The summed E-state index contributed by atoms with van der Waals surface area (Å²) in [5, 5.41) is 9.09. The fourth-order valence-corrected chi connectivity index (χ4v) is 1.53. The Kier molecular flexibility index (Phi) is 2.79. The maximum atomic E-state index is 9.09. The molecule has 0 saturated carbocycles. The van der Waals surface area contributed by atoms with E-state index < -0.39 is 0 Å². The molecule has 2 rings (SSSR count). The summed E-state index contributed by atoms with van der Waals surface area (Å²) < 4.78 is 0. The molecule has 1 heterocycles. The first-order valence-corrected chi connectivity index (χ1v) is 4.93. The van der Waals surface area contributed by atoms with Crippen molar-refractivity contribution in [2.45, 2.75) is 0 Å². The molecule has 2 nitrogen and oxygen atoms in total. The maximum absolute atomic E-state index is 9.09. The van der Waals surface area contributed by atoms with E-state index >= 15 is 0 Å². The van der Waals surface area contributed by atoms with Crippen LogP contribution in [0, 0.1) is 11.3 Å². The van der Waals surface area contributed by atoms with Crippen molar-refractivity contribution in [2.75, 3.05) is 0 Å². The Morgan fingerprint density at radius 3 is 2.75 bits per heavy atom. The molecule has 2 heteroatoms. The fourth-order valence-electron chi connectivity index (χ4n) is 1.53. The average Bonchev–Trinajstić information content (AvgIpc) is 2.39. The number of hydrogen-bond donors (Lipinski definition) is 0. The topological polar surface area (TPSA) is 36.7 Å². The molecule has 0 aliphatic heterocycles. The van der Waals surface area contributed by atoms with Gasteiger partial charge in [-0.3, -0.25) is 4.98 Å². The number of nitriles is 1. The van der Waals surface area contributed by atoms with Crippen molar-refractivity contribution in [3.63, 3.8) is 0 Å². The van der Waals surface area contributed by atoms with Gasteiger partial charge in [-0.25, -0.2) is 0 Å². The second kappa shape index (κ2) is 4.41. The molecular formula is C14H10N2. The Labute approximate surface area is 94.5 Å². The van der Waals surface area contributed by atoms with E-state index in [1.807, 2.05) is 36.4 Å². The van der Waals surface area contributed by atoms with Crippen LogP contribution in [0.25, 0.3) is 17.3 Å². The van der Waals surface area contributed by atoms with Gasteiger partial charge in [0.15, 0.2) is 0 Å². The number of rotatable bonds is 2. The molecule has 0 atom stereocenters. The van der Waals surface area contributed by atoms with E-state index in [1.54, 1.807) is 12.3 Å². The molecule has 16 heavy (non-hydrogen) atoms. The second-order valence-corrected chi connectivity index (χ2v) is 3.34. The van der Waals surface area contributed by atoms with Gasteiger partial charge < -0.3 is 0 Å². The van der Waals surface area contributed by atoms with Crippen LogP contribution in [-0.4, -0.2) is 4.98 Å². The van der Waals surface area contributed by atoms with Gasteiger partial charge in [0.25, 0.3) is 0 Å². The third-order valence-electron chi connectivity index (χ3n) is 2.34. The molecule has 0 spiro atoms. The highest BCUT2D eigenvalue weighted by molar-refractivity contribution is 5.69. The monoisotopic (exact) mass is 206 g/mol. The Hall–Kier alpha value is -2.40. The summed E-state index contributed by atoms with van der Waals surface area (Å²) in [6.07, 6.45) is 3.45. The van der Waals surface area contributed by atoms with Gasteiger partial charge in [-0.2, -0.15) is 5.26 Å². The largest absolute Gasteiger partial charge is 0.256 e. The standard InChI is InChI=1S/C14H10N2/c1-2-11-6-7-13(12(9-11)10-15)14-5-3-4-8-16-14/h2-9H,1H2. The Morgan fingerprint density at radius 1 is 1.25 bits per heavy atom.